The van der Waals surface area contributed by atoms with Crippen LogP contribution in [0.5, 0.6) is 23.0 Å². The first-order valence-corrected chi connectivity index (χ1v) is 8.29. The van der Waals surface area contributed by atoms with Gasteiger partial charge in [-0.25, -0.2) is 4.57 Å². The molecule has 2 aromatic rings. The Morgan fingerprint density at radius 2 is 1.18 bits per heavy atom. The monoisotopic (exact) mass is 323 g/mol. The van der Waals surface area contributed by atoms with E-state index in [2.05, 4.69) is 0 Å². The molecule has 0 amide bonds. The number of methoxy groups -OCH3 is 2. The molecule has 22 heavy (non-hydrogen) atoms. The fraction of sp³-hybridized carbons (Fsp3) is 0.200. The lowest BCUT2D eigenvalue weighted by Gasteiger charge is -2.20. The molecule has 7 heteroatoms. The Morgan fingerprint density at radius 3 is 1.50 bits per heavy atom. The largest absolute Gasteiger partial charge is 0.493 e. The van der Waals surface area contributed by atoms with Crippen molar-refractivity contribution in [3.05, 3.63) is 48.5 Å². The molecule has 0 aliphatic carbocycles. The summed E-state index contributed by atoms with van der Waals surface area (Å²) in [6, 6.07) is 13.7. The zero-order valence-corrected chi connectivity index (χ0v) is 13.3. The van der Waals surface area contributed by atoms with Crippen molar-refractivity contribution in [2.24, 2.45) is 5.73 Å². The standard InChI is InChI=1S/C15H18NO5P/c1-18-12-7-3-5-9-14(12)20-22(17,11-16)21-15-10-6-4-8-13(15)19-2/h3-10H,11,16H2,1-2H3. The third kappa shape index (κ3) is 3.72. The molecule has 0 atom stereocenters. The van der Waals surface area contributed by atoms with Crippen LogP contribution in [0.3, 0.4) is 0 Å². The predicted molar refractivity (Wildman–Crippen MR) is 83.9 cm³/mol. The molecule has 0 spiro atoms. The Kier molecular flexibility index (Phi) is 5.31. The van der Waals surface area contributed by atoms with E-state index in [-0.39, 0.29) is 6.29 Å². The van der Waals surface area contributed by atoms with Gasteiger partial charge in [-0.15, -0.1) is 0 Å². The average molecular weight is 323 g/mol. The van der Waals surface area contributed by atoms with Crippen molar-refractivity contribution in [3.63, 3.8) is 0 Å². The Labute approximate surface area is 129 Å². The van der Waals surface area contributed by atoms with Gasteiger partial charge in [0.2, 0.25) is 0 Å². The molecule has 2 rings (SSSR count). The summed E-state index contributed by atoms with van der Waals surface area (Å²) in [6.07, 6.45) is -0.289. The van der Waals surface area contributed by atoms with Gasteiger partial charge in [-0.05, 0) is 24.3 Å². The van der Waals surface area contributed by atoms with Gasteiger partial charge in [-0.1, -0.05) is 24.3 Å². The van der Waals surface area contributed by atoms with Gasteiger partial charge in [0.1, 0.15) is 6.29 Å². The summed E-state index contributed by atoms with van der Waals surface area (Å²) in [4.78, 5) is 0. The second kappa shape index (κ2) is 7.20. The topological polar surface area (TPSA) is 80.0 Å². The van der Waals surface area contributed by atoms with Crippen LogP contribution >= 0.6 is 7.60 Å². The van der Waals surface area contributed by atoms with Crippen molar-refractivity contribution in [2.75, 3.05) is 20.5 Å². The highest BCUT2D eigenvalue weighted by Gasteiger charge is 2.28. The number of hydrogen-bond donors (Lipinski definition) is 1. The first-order chi connectivity index (χ1) is 10.6. The molecule has 118 valence electrons. The first-order valence-electron chi connectivity index (χ1n) is 6.56. The Balaban J connectivity index is 2.27. The summed E-state index contributed by atoms with van der Waals surface area (Å²) >= 11 is 0. The maximum Gasteiger partial charge on any atom is 0.444 e. The SMILES string of the molecule is COc1ccccc1OP(=O)(CN)Oc1ccccc1OC. The number of benzene rings is 2. The van der Waals surface area contributed by atoms with Crippen LogP contribution in [0, 0.1) is 0 Å². The maximum absolute atomic E-state index is 12.8. The number of ether oxygens (including phenoxy) is 2. The number of rotatable bonds is 7. The van der Waals surface area contributed by atoms with Crippen LogP contribution in [0.1, 0.15) is 0 Å². The van der Waals surface area contributed by atoms with E-state index >= 15 is 0 Å². The second-order valence-electron chi connectivity index (χ2n) is 4.28. The van der Waals surface area contributed by atoms with E-state index in [0.29, 0.717) is 23.0 Å². The second-order valence-corrected chi connectivity index (χ2v) is 6.23. The number of hydrogen-bond acceptors (Lipinski definition) is 6. The highest BCUT2D eigenvalue weighted by molar-refractivity contribution is 7.54. The van der Waals surface area contributed by atoms with Gasteiger partial charge in [0, 0.05) is 0 Å². The van der Waals surface area contributed by atoms with Crippen LogP contribution in [0.25, 0.3) is 0 Å². The number of nitrogens with two attached hydrogens (primary N) is 1. The van der Waals surface area contributed by atoms with Crippen LogP contribution < -0.4 is 24.3 Å². The van der Waals surface area contributed by atoms with Gasteiger partial charge in [-0.2, -0.15) is 0 Å². The molecule has 2 aromatic carbocycles. The van der Waals surface area contributed by atoms with Crippen molar-refractivity contribution in [1.82, 2.24) is 0 Å². The Morgan fingerprint density at radius 1 is 0.818 bits per heavy atom. The van der Waals surface area contributed by atoms with E-state index in [1.807, 2.05) is 0 Å². The minimum atomic E-state index is -3.61. The summed E-state index contributed by atoms with van der Waals surface area (Å²) in [5.41, 5.74) is 5.59. The summed E-state index contributed by atoms with van der Waals surface area (Å²) in [7, 11) is -0.613. The van der Waals surface area contributed by atoms with Gasteiger partial charge in [0.05, 0.1) is 14.2 Å². The molecule has 2 N–H and O–H groups in total. The molecule has 0 aliphatic heterocycles. The zero-order valence-electron chi connectivity index (χ0n) is 12.4. The molecular formula is C15H18NO5P. The van der Waals surface area contributed by atoms with Gasteiger partial charge in [0.15, 0.2) is 23.0 Å². The van der Waals surface area contributed by atoms with Crippen LogP contribution in [-0.4, -0.2) is 20.5 Å². The van der Waals surface area contributed by atoms with Crippen LogP contribution in [0.2, 0.25) is 0 Å². The van der Waals surface area contributed by atoms with E-state index < -0.39 is 7.60 Å². The molecule has 6 nitrogen and oxygen atoms in total. The average Bonchev–Trinajstić information content (AvgIpc) is 2.56. The minimum absolute atomic E-state index is 0.289. The van der Waals surface area contributed by atoms with Crippen LogP contribution in [-0.2, 0) is 4.57 Å². The van der Waals surface area contributed by atoms with Gasteiger partial charge in [0.25, 0.3) is 0 Å². The van der Waals surface area contributed by atoms with Crippen LogP contribution in [0.15, 0.2) is 48.5 Å². The van der Waals surface area contributed by atoms with Gasteiger partial charge in [-0.3, -0.25) is 0 Å². The van der Waals surface area contributed by atoms with Gasteiger partial charge >= 0.3 is 7.60 Å². The van der Waals surface area contributed by atoms with Gasteiger partial charge < -0.3 is 24.3 Å². The normalized spacial score (nSPS) is 10.9. The van der Waals surface area contributed by atoms with Crippen molar-refractivity contribution in [2.45, 2.75) is 0 Å². The predicted octanol–water partition coefficient (Wildman–Crippen LogP) is 3.27. The first kappa shape index (κ1) is 16.2. The summed E-state index contributed by atoms with van der Waals surface area (Å²) in [6.45, 7) is 0. The van der Waals surface area contributed by atoms with E-state index in [0.717, 1.165) is 0 Å². The van der Waals surface area contributed by atoms with E-state index in [1.54, 1.807) is 48.5 Å². The lowest BCUT2D eigenvalue weighted by molar-refractivity contribution is 0.347. The fourth-order valence-electron chi connectivity index (χ4n) is 1.78. The highest BCUT2D eigenvalue weighted by atomic mass is 31.2. The van der Waals surface area contributed by atoms with Crippen LogP contribution in [0.4, 0.5) is 0 Å². The third-order valence-electron chi connectivity index (χ3n) is 2.84. The fourth-order valence-corrected chi connectivity index (χ4v) is 2.87. The molecule has 0 unspecified atom stereocenters. The molecule has 0 saturated heterocycles. The Hall–Kier alpha value is -2.17. The zero-order chi connectivity index (χ0) is 16.0. The number of para-hydroxylation sites is 4. The lowest BCUT2D eigenvalue weighted by Crippen LogP contribution is -2.12. The molecular weight excluding hydrogens is 305 g/mol. The molecule has 0 aliphatic rings. The lowest BCUT2D eigenvalue weighted by atomic mass is 10.3. The van der Waals surface area contributed by atoms with Crippen molar-refractivity contribution >= 4 is 7.60 Å². The quantitative estimate of drug-likeness (QED) is 0.788. The highest BCUT2D eigenvalue weighted by Crippen LogP contribution is 2.50. The van der Waals surface area contributed by atoms with E-state index in [9.17, 15) is 4.57 Å². The van der Waals surface area contributed by atoms with Crippen molar-refractivity contribution < 1.29 is 23.1 Å². The molecule has 0 aromatic heterocycles. The summed E-state index contributed by atoms with van der Waals surface area (Å²) < 4.78 is 34.1. The molecule has 0 heterocycles. The summed E-state index contributed by atoms with van der Waals surface area (Å²) in [5.74, 6) is 1.49. The van der Waals surface area contributed by atoms with Crippen molar-refractivity contribution in [3.8, 4) is 23.0 Å². The minimum Gasteiger partial charge on any atom is -0.493 e. The van der Waals surface area contributed by atoms with Crippen molar-refractivity contribution in [1.29, 1.82) is 0 Å². The summed E-state index contributed by atoms with van der Waals surface area (Å²) in [5, 5.41) is 0. The maximum atomic E-state index is 12.8. The van der Waals surface area contributed by atoms with E-state index in [4.69, 9.17) is 24.3 Å². The molecule has 0 bridgehead atoms. The van der Waals surface area contributed by atoms with E-state index in [1.165, 1.54) is 14.2 Å². The Bertz CT molecular complexity index is 623. The smallest absolute Gasteiger partial charge is 0.444 e. The molecule has 0 radical (unpaired) electrons. The molecule has 0 saturated carbocycles. The molecule has 0 fully saturated rings. The third-order valence-corrected chi connectivity index (χ3v) is 4.23.